The van der Waals surface area contributed by atoms with E-state index >= 15 is 0 Å². The summed E-state index contributed by atoms with van der Waals surface area (Å²) >= 11 is 0. The minimum Gasteiger partial charge on any atom is -0.513 e. The summed E-state index contributed by atoms with van der Waals surface area (Å²) in [6.45, 7) is 7.38. The third-order valence-electron chi connectivity index (χ3n) is 10.6. The number of hydrogen-bond acceptors (Lipinski definition) is 5. The molecule has 2 aromatic rings. The van der Waals surface area contributed by atoms with Crippen molar-refractivity contribution in [1.82, 2.24) is 14.5 Å². The van der Waals surface area contributed by atoms with Crippen LogP contribution >= 0.6 is 0 Å². The van der Waals surface area contributed by atoms with Gasteiger partial charge < -0.3 is 14.6 Å². The molecule has 1 aromatic carbocycles. The Bertz CT molecular complexity index is 1220. The maximum absolute atomic E-state index is 14.0. The molecule has 0 amide bonds. The highest BCUT2D eigenvalue weighted by atomic mass is 16.3. The Morgan fingerprint density at radius 1 is 0.919 bits per heavy atom. The van der Waals surface area contributed by atoms with E-state index in [1.165, 1.54) is 51.4 Å². The van der Waals surface area contributed by atoms with Crippen LogP contribution in [0.25, 0.3) is 11.0 Å². The molecule has 7 rings (SSSR count). The largest absolute Gasteiger partial charge is 0.513 e. The summed E-state index contributed by atoms with van der Waals surface area (Å²) in [5, 5.41) is 9.80. The van der Waals surface area contributed by atoms with Gasteiger partial charge in [-0.2, -0.15) is 0 Å². The van der Waals surface area contributed by atoms with Crippen molar-refractivity contribution in [3.63, 3.8) is 0 Å². The van der Waals surface area contributed by atoms with Gasteiger partial charge in [0.25, 0.3) is 5.56 Å². The molecular formula is C31H42N4O2. The van der Waals surface area contributed by atoms with Crippen molar-refractivity contribution in [1.29, 1.82) is 0 Å². The third-order valence-corrected chi connectivity index (χ3v) is 10.6. The first-order valence-electron chi connectivity index (χ1n) is 14.9. The summed E-state index contributed by atoms with van der Waals surface area (Å²) in [6, 6.07) is 10.3. The Kier molecular flexibility index (Phi) is 5.87. The van der Waals surface area contributed by atoms with Gasteiger partial charge >= 0.3 is 0 Å². The number of aromatic nitrogens is 2. The first-order chi connectivity index (χ1) is 17.9. The lowest BCUT2D eigenvalue weighted by Gasteiger charge is -2.56. The van der Waals surface area contributed by atoms with Crippen LogP contribution < -0.4 is 10.5 Å². The number of hydrogen-bond donors (Lipinski definition) is 1. The minimum absolute atomic E-state index is 0.0293. The average molecular weight is 503 g/mol. The Balaban J connectivity index is 1.19. The molecule has 4 heterocycles. The summed E-state index contributed by atoms with van der Waals surface area (Å²) in [6.07, 6.45) is 13.1. The molecule has 1 aromatic heterocycles. The summed E-state index contributed by atoms with van der Waals surface area (Å²) in [4.78, 5) is 23.8. The molecule has 5 aliphatic rings. The lowest BCUT2D eigenvalue weighted by Crippen LogP contribution is -2.59. The summed E-state index contributed by atoms with van der Waals surface area (Å²) in [5.41, 5.74) is 1.90. The first kappa shape index (κ1) is 23.8. The maximum atomic E-state index is 14.0. The van der Waals surface area contributed by atoms with Crippen LogP contribution in [0.2, 0.25) is 0 Å². The summed E-state index contributed by atoms with van der Waals surface area (Å²) < 4.78 is 2.11. The summed E-state index contributed by atoms with van der Waals surface area (Å²) in [5.74, 6) is 3.54. The highest BCUT2D eigenvalue weighted by Crippen LogP contribution is 2.48. The van der Waals surface area contributed by atoms with Crippen LogP contribution in [0.5, 0.6) is 0 Å². The standard InChI is InChI=1S/C31H42N4O2/c1-19-10-21-12-22(11-19)14-26(13-21)34-24-6-5-7-25(34)16-27(15-24)35-29-9-4-3-8-28(29)32-30(31(35)37)33-17-23(18-33)20(2)36/h3-4,8-9,19,21-27,36H,2,5-7,10-18H2,1H3/t19?,21-,22+,24-,25+,26?,27?. The molecule has 4 bridgehead atoms. The second-order valence-corrected chi connectivity index (χ2v) is 13.2. The monoisotopic (exact) mass is 502 g/mol. The van der Waals surface area contributed by atoms with Crippen LogP contribution in [-0.4, -0.2) is 50.8 Å². The fourth-order valence-corrected chi connectivity index (χ4v) is 9.16. The average Bonchev–Trinajstić information content (AvgIpc) is 2.81. The van der Waals surface area contributed by atoms with Crippen LogP contribution in [0.1, 0.15) is 77.2 Å². The molecule has 5 fully saturated rings. The Morgan fingerprint density at radius 2 is 1.59 bits per heavy atom. The van der Waals surface area contributed by atoms with E-state index in [9.17, 15) is 9.90 Å². The Labute approximate surface area is 220 Å². The lowest BCUT2D eigenvalue weighted by molar-refractivity contribution is -0.0524. The van der Waals surface area contributed by atoms with Crippen molar-refractivity contribution in [3.05, 3.63) is 47.0 Å². The number of aliphatic hydroxyl groups is 1. The molecule has 1 N–H and O–H groups in total. The van der Waals surface area contributed by atoms with E-state index < -0.39 is 0 Å². The molecule has 6 nitrogen and oxygen atoms in total. The van der Waals surface area contributed by atoms with Crippen molar-refractivity contribution in [3.8, 4) is 0 Å². The van der Waals surface area contributed by atoms with Crippen LogP contribution in [0.15, 0.2) is 41.4 Å². The van der Waals surface area contributed by atoms with Gasteiger partial charge in [-0.3, -0.25) is 9.69 Å². The van der Waals surface area contributed by atoms with Gasteiger partial charge in [0.15, 0.2) is 5.82 Å². The van der Waals surface area contributed by atoms with Crippen LogP contribution in [0.3, 0.4) is 0 Å². The highest BCUT2D eigenvalue weighted by molar-refractivity contribution is 5.76. The Morgan fingerprint density at radius 3 is 2.27 bits per heavy atom. The summed E-state index contributed by atoms with van der Waals surface area (Å²) in [7, 11) is 0. The number of fused-ring (bicyclic) bond motifs is 5. The predicted molar refractivity (Wildman–Crippen MR) is 148 cm³/mol. The number of aliphatic hydroxyl groups excluding tert-OH is 1. The van der Waals surface area contributed by atoms with Crippen LogP contribution in [-0.2, 0) is 0 Å². The molecule has 0 spiro atoms. The van der Waals surface area contributed by atoms with E-state index in [1.54, 1.807) is 0 Å². The number of anilines is 1. The van der Waals surface area contributed by atoms with Crippen molar-refractivity contribution in [2.45, 2.75) is 95.3 Å². The van der Waals surface area contributed by atoms with Gasteiger partial charge in [0, 0.05) is 37.3 Å². The number of nitrogens with zero attached hydrogens (tertiary/aromatic N) is 4. The van der Waals surface area contributed by atoms with Gasteiger partial charge in [0.1, 0.15) is 0 Å². The highest BCUT2D eigenvalue weighted by Gasteiger charge is 2.46. The molecule has 2 aliphatic carbocycles. The zero-order valence-corrected chi connectivity index (χ0v) is 22.3. The van der Waals surface area contributed by atoms with Gasteiger partial charge in [0.2, 0.25) is 0 Å². The van der Waals surface area contributed by atoms with Gasteiger partial charge in [-0.1, -0.05) is 32.1 Å². The van der Waals surface area contributed by atoms with Crippen molar-refractivity contribution in [2.24, 2.45) is 23.7 Å². The molecule has 7 atom stereocenters. The molecule has 198 valence electrons. The molecule has 2 saturated carbocycles. The zero-order chi connectivity index (χ0) is 25.3. The molecule has 3 unspecified atom stereocenters. The van der Waals surface area contributed by atoms with E-state index in [0.29, 0.717) is 31.0 Å². The van der Waals surface area contributed by atoms with Gasteiger partial charge in [-0.15, -0.1) is 0 Å². The second-order valence-electron chi connectivity index (χ2n) is 13.2. The first-order valence-corrected chi connectivity index (χ1v) is 14.9. The van der Waals surface area contributed by atoms with Crippen molar-refractivity contribution in [2.75, 3.05) is 18.0 Å². The van der Waals surface area contributed by atoms with Crippen molar-refractivity contribution >= 4 is 16.9 Å². The van der Waals surface area contributed by atoms with Crippen LogP contribution in [0.4, 0.5) is 5.82 Å². The van der Waals surface area contributed by atoms with Gasteiger partial charge in [-0.25, -0.2) is 4.98 Å². The molecule has 37 heavy (non-hydrogen) atoms. The predicted octanol–water partition coefficient (Wildman–Crippen LogP) is 5.68. The SMILES string of the molecule is C=C(O)C1CN(c2nc3ccccc3n(C3C[C@H]4CCC[C@@H](C3)N4C3C[C@H]4CC(C)C[C@@H](C3)C4)c2=O)C1. The van der Waals surface area contributed by atoms with Gasteiger partial charge in [0.05, 0.1) is 22.7 Å². The molecule has 6 heteroatoms. The Hall–Kier alpha value is -2.34. The van der Waals surface area contributed by atoms with Crippen molar-refractivity contribution < 1.29 is 5.11 Å². The third kappa shape index (κ3) is 4.10. The zero-order valence-electron chi connectivity index (χ0n) is 22.3. The topological polar surface area (TPSA) is 61.6 Å². The number of para-hydroxylation sites is 2. The number of benzene rings is 1. The fourth-order valence-electron chi connectivity index (χ4n) is 9.16. The molecule has 3 aliphatic heterocycles. The second kappa shape index (κ2) is 9.14. The van der Waals surface area contributed by atoms with E-state index in [4.69, 9.17) is 4.98 Å². The van der Waals surface area contributed by atoms with Gasteiger partial charge in [-0.05, 0) is 87.7 Å². The number of piperidine rings is 2. The van der Waals surface area contributed by atoms with E-state index in [2.05, 4.69) is 29.0 Å². The molecular weight excluding hydrogens is 460 g/mol. The quantitative estimate of drug-likeness (QED) is 0.545. The lowest BCUT2D eigenvalue weighted by atomic mass is 9.65. The number of rotatable bonds is 4. The fraction of sp³-hybridized carbons (Fsp3) is 0.677. The van der Waals surface area contributed by atoms with Crippen LogP contribution in [0, 0.1) is 23.7 Å². The maximum Gasteiger partial charge on any atom is 0.294 e. The smallest absolute Gasteiger partial charge is 0.294 e. The molecule has 3 saturated heterocycles. The van der Waals surface area contributed by atoms with E-state index in [0.717, 1.165) is 47.7 Å². The normalized spacial score (nSPS) is 36.4. The molecule has 0 radical (unpaired) electrons. The van der Waals surface area contributed by atoms with E-state index in [1.807, 2.05) is 23.1 Å². The minimum atomic E-state index is 0.0293. The van der Waals surface area contributed by atoms with E-state index in [-0.39, 0.29) is 23.3 Å².